The number of halogens is 2. The zero-order valence-corrected chi connectivity index (χ0v) is 19.2. The van der Waals surface area contributed by atoms with Crippen LogP contribution < -0.4 is 24.4 Å². The monoisotopic (exact) mass is 518 g/mol. The van der Waals surface area contributed by atoms with E-state index >= 15 is 0 Å². The average molecular weight is 520 g/mol. The summed E-state index contributed by atoms with van der Waals surface area (Å²) >= 11 is 9.47. The van der Waals surface area contributed by atoms with Crippen molar-refractivity contribution in [1.29, 1.82) is 0 Å². The first kappa shape index (κ1) is 23.2. The molecule has 1 saturated heterocycles. The Bertz CT molecular complexity index is 1190. The van der Waals surface area contributed by atoms with E-state index in [1.807, 2.05) is 0 Å². The standard InChI is InChI=1S/C22H16BrClN2O6/c1-4-7-32-17-6-5-12(9-14(17)23)8-13-20(27)25-22(29)26(21(13)28)16-11-18(30-2)15(24)10-19(16)31-3/h1,5-6,8-11H,7H2,2-3H3,(H,25,27,29)/b13-8+. The summed E-state index contributed by atoms with van der Waals surface area (Å²) < 4.78 is 16.4. The van der Waals surface area contributed by atoms with E-state index in [2.05, 4.69) is 27.2 Å². The molecular weight excluding hydrogens is 504 g/mol. The van der Waals surface area contributed by atoms with Crippen molar-refractivity contribution < 1.29 is 28.6 Å². The maximum absolute atomic E-state index is 13.2. The Morgan fingerprint density at radius 2 is 1.84 bits per heavy atom. The van der Waals surface area contributed by atoms with E-state index in [1.54, 1.807) is 18.2 Å². The molecule has 3 rings (SSSR count). The van der Waals surface area contributed by atoms with Crippen LogP contribution in [0, 0.1) is 12.3 Å². The topological polar surface area (TPSA) is 94.2 Å². The van der Waals surface area contributed by atoms with Gasteiger partial charge >= 0.3 is 6.03 Å². The summed E-state index contributed by atoms with van der Waals surface area (Å²) in [4.78, 5) is 38.9. The van der Waals surface area contributed by atoms with Crippen LogP contribution in [0.15, 0.2) is 40.4 Å². The van der Waals surface area contributed by atoms with Crippen LogP contribution in [0.2, 0.25) is 5.02 Å². The minimum absolute atomic E-state index is 0.0638. The lowest BCUT2D eigenvalue weighted by atomic mass is 10.1. The fraction of sp³-hybridized carbons (Fsp3) is 0.136. The molecule has 0 saturated carbocycles. The quantitative estimate of drug-likeness (QED) is 0.354. The minimum atomic E-state index is -0.931. The predicted octanol–water partition coefficient (Wildman–Crippen LogP) is 3.80. The highest BCUT2D eigenvalue weighted by Crippen LogP contribution is 2.39. The maximum Gasteiger partial charge on any atom is 0.336 e. The number of barbiturate groups is 1. The maximum atomic E-state index is 13.2. The van der Waals surface area contributed by atoms with Gasteiger partial charge in [0, 0.05) is 12.1 Å². The predicted molar refractivity (Wildman–Crippen MR) is 122 cm³/mol. The third-order valence-corrected chi connectivity index (χ3v) is 5.29. The molecule has 0 unspecified atom stereocenters. The van der Waals surface area contributed by atoms with Gasteiger partial charge in [-0.3, -0.25) is 14.9 Å². The van der Waals surface area contributed by atoms with Crippen molar-refractivity contribution in [1.82, 2.24) is 5.32 Å². The Morgan fingerprint density at radius 1 is 1.12 bits per heavy atom. The highest BCUT2D eigenvalue weighted by molar-refractivity contribution is 9.10. The zero-order valence-electron chi connectivity index (χ0n) is 16.9. The van der Waals surface area contributed by atoms with Crippen LogP contribution in [-0.2, 0) is 9.59 Å². The van der Waals surface area contributed by atoms with E-state index in [0.29, 0.717) is 15.8 Å². The molecule has 0 aliphatic carbocycles. The fourth-order valence-corrected chi connectivity index (χ4v) is 3.65. The Balaban J connectivity index is 2.03. The number of imide groups is 2. The van der Waals surface area contributed by atoms with Gasteiger partial charge in [0.05, 0.1) is 29.4 Å². The summed E-state index contributed by atoms with van der Waals surface area (Å²) in [7, 11) is 2.75. The summed E-state index contributed by atoms with van der Waals surface area (Å²) in [6, 6.07) is 6.76. The number of methoxy groups -OCH3 is 2. The number of benzene rings is 2. The van der Waals surface area contributed by atoms with Crippen molar-refractivity contribution in [3.63, 3.8) is 0 Å². The lowest BCUT2D eigenvalue weighted by Gasteiger charge is -2.28. The van der Waals surface area contributed by atoms with E-state index in [0.717, 1.165) is 4.90 Å². The Kier molecular flexibility index (Phi) is 7.08. The minimum Gasteiger partial charge on any atom is -0.495 e. The summed E-state index contributed by atoms with van der Waals surface area (Å²) in [5.74, 6) is 1.55. The van der Waals surface area contributed by atoms with Gasteiger partial charge in [0.2, 0.25) is 0 Å². The van der Waals surface area contributed by atoms with Crippen LogP contribution in [0.25, 0.3) is 6.08 Å². The molecule has 0 aromatic heterocycles. The normalized spacial score (nSPS) is 14.8. The van der Waals surface area contributed by atoms with Crippen LogP contribution >= 0.6 is 27.5 Å². The van der Waals surface area contributed by atoms with Gasteiger partial charge < -0.3 is 14.2 Å². The highest BCUT2D eigenvalue weighted by atomic mass is 79.9. The number of nitrogens with one attached hydrogen (secondary N) is 1. The zero-order chi connectivity index (χ0) is 23.4. The number of carbonyl (C=O) groups is 3. The molecule has 0 bridgehead atoms. The number of nitrogens with zero attached hydrogens (tertiary/aromatic N) is 1. The lowest BCUT2D eigenvalue weighted by molar-refractivity contribution is -0.122. The molecule has 0 spiro atoms. The van der Waals surface area contributed by atoms with Gasteiger partial charge in [0.1, 0.15) is 29.4 Å². The van der Waals surface area contributed by atoms with E-state index in [9.17, 15) is 14.4 Å². The van der Waals surface area contributed by atoms with Crippen molar-refractivity contribution in [2.24, 2.45) is 0 Å². The molecule has 2 aromatic rings. The van der Waals surface area contributed by atoms with Gasteiger partial charge in [-0.1, -0.05) is 23.6 Å². The number of rotatable bonds is 6. The number of terminal acetylenes is 1. The molecule has 2 aromatic carbocycles. The van der Waals surface area contributed by atoms with E-state index in [4.69, 9.17) is 32.2 Å². The number of amides is 4. The molecule has 1 aliphatic rings. The molecular formula is C22H16BrClN2O6. The molecule has 8 nitrogen and oxygen atoms in total. The molecule has 1 N–H and O–H groups in total. The number of carbonyl (C=O) groups excluding carboxylic acids is 3. The van der Waals surface area contributed by atoms with Crippen molar-refractivity contribution in [3.05, 3.63) is 51.0 Å². The van der Waals surface area contributed by atoms with E-state index in [-0.39, 0.29) is 34.4 Å². The molecule has 4 amide bonds. The van der Waals surface area contributed by atoms with Gasteiger partial charge in [-0.25, -0.2) is 9.69 Å². The summed E-state index contributed by atoms with van der Waals surface area (Å²) in [6.07, 6.45) is 6.55. The van der Waals surface area contributed by atoms with Crippen LogP contribution in [0.5, 0.6) is 17.2 Å². The molecule has 164 valence electrons. The van der Waals surface area contributed by atoms with E-state index in [1.165, 1.54) is 32.4 Å². The Morgan fingerprint density at radius 3 is 2.47 bits per heavy atom. The molecule has 0 atom stereocenters. The molecule has 32 heavy (non-hydrogen) atoms. The van der Waals surface area contributed by atoms with Gasteiger partial charge in [-0.05, 0) is 39.7 Å². The number of hydrogen-bond acceptors (Lipinski definition) is 6. The van der Waals surface area contributed by atoms with Crippen molar-refractivity contribution >= 4 is 57.1 Å². The lowest BCUT2D eigenvalue weighted by Crippen LogP contribution is -2.54. The number of anilines is 1. The largest absolute Gasteiger partial charge is 0.495 e. The van der Waals surface area contributed by atoms with Crippen molar-refractivity contribution in [3.8, 4) is 29.6 Å². The van der Waals surface area contributed by atoms with Crippen LogP contribution in [0.3, 0.4) is 0 Å². The Hall–Kier alpha value is -3.48. The first-order valence-corrected chi connectivity index (χ1v) is 10.2. The third-order valence-electron chi connectivity index (χ3n) is 4.37. The van der Waals surface area contributed by atoms with Gasteiger partial charge in [0.25, 0.3) is 11.8 Å². The molecule has 0 radical (unpaired) electrons. The first-order valence-electron chi connectivity index (χ1n) is 8.99. The first-order chi connectivity index (χ1) is 15.3. The smallest absolute Gasteiger partial charge is 0.336 e. The fourth-order valence-electron chi connectivity index (χ4n) is 2.91. The average Bonchev–Trinajstić information content (AvgIpc) is 2.76. The van der Waals surface area contributed by atoms with Crippen molar-refractivity contribution in [2.75, 3.05) is 25.7 Å². The second-order valence-corrected chi connectivity index (χ2v) is 7.56. The molecule has 10 heteroatoms. The highest BCUT2D eigenvalue weighted by Gasteiger charge is 2.38. The SMILES string of the molecule is C#CCOc1ccc(/C=C2\C(=O)NC(=O)N(c3cc(OC)c(Cl)cc3OC)C2=O)cc1Br. The van der Waals surface area contributed by atoms with Crippen LogP contribution in [-0.4, -0.2) is 38.7 Å². The van der Waals surface area contributed by atoms with Crippen molar-refractivity contribution in [2.45, 2.75) is 0 Å². The van der Waals surface area contributed by atoms with E-state index < -0.39 is 17.8 Å². The van der Waals surface area contributed by atoms with Gasteiger partial charge in [0.15, 0.2) is 0 Å². The Labute approximate surface area is 197 Å². The van der Waals surface area contributed by atoms with Crippen LogP contribution in [0.4, 0.5) is 10.5 Å². The second-order valence-electron chi connectivity index (χ2n) is 6.30. The second kappa shape index (κ2) is 9.77. The van der Waals surface area contributed by atoms with Crippen LogP contribution in [0.1, 0.15) is 5.56 Å². The van der Waals surface area contributed by atoms with Gasteiger partial charge in [-0.2, -0.15) is 0 Å². The molecule has 1 aliphatic heterocycles. The summed E-state index contributed by atoms with van der Waals surface area (Å²) in [5.41, 5.74) is 0.317. The van der Waals surface area contributed by atoms with Gasteiger partial charge in [-0.15, -0.1) is 6.42 Å². The third kappa shape index (κ3) is 4.56. The number of hydrogen-bond donors (Lipinski definition) is 1. The molecule has 1 fully saturated rings. The molecule has 1 heterocycles. The summed E-state index contributed by atoms with van der Waals surface area (Å²) in [5, 5.41) is 2.38. The summed E-state index contributed by atoms with van der Waals surface area (Å²) in [6.45, 7) is 0.0867. The number of ether oxygens (including phenoxy) is 3. The number of urea groups is 1.